The van der Waals surface area contributed by atoms with Gasteiger partial charge in [0.2, 0.25) is 0 Å². The zero-order valence-corrected chi connectivity index (χ0v) is 14.8. The van der Waals surface area contributed by atoms with Gasteiger partial charge in [0.05, 0.1) is 15.5 Å². The highest BCUT2D eigenvalue weighted by Gasteiger charge is 2.24. The first-order valence-electron chi connectivity index (χ1n) is 7.42. The highest BCUT2D eigenvalue weighted by atomic mass is 35.5. The van der Waals surface area contributed by atoms with Gasteiger partial charge in [-0.05, 0) is 53.2 Å². The van der Waals surface area contributed by atoms with Crippen LogP contribution < -0.4 is 10.1 Å². The summed E-state index contributed by atoms with van der Waals surface area (Å²) in [6.07, 6.45) is 1.57. The number of thioether (sulfide) groups is 1. The molecule has 0 saturated carbocycles. The van der Waals surface area contributed by atoms with Crippen LogP contribution in [0.25, 0.3) is 6.08 Å². The Morgan fingerprint density at radius 3 is 2.50 bits per heavy atom. The number of carbonyl (C=O) groups excluding carboxylic acids is 2. The SMILES string of the molecule is O=C1NC(=O)C(=Cc2ccc(OCc3ccc(C(=O)O)cc3)c(Cl)c2)S1. The molecular weight excluding hydrogens is 378 g/mol. The average molecular weight is 390 g/mol. The molecule has 3 rings (SSSR count). The van der Waals surface area contributed by atoms with Crippen molar-refractivity contribution in [3.63, 3.8) is 0 Å². The lowest BCUT2D eigenvalue weighted by Gasteiger charge is -2.09. The van der Waals surface area contributed by atoms with E-state index in [1.54, 1.807) is 36.4 Å². The molecule has 0 bridgehead atoms. The topological polar surface area (TPSA) is 92.7 Å². The van der Waals surface area contributed by atoms with Crippen LogP contribution in [0.1, 0.15) is 21.5 Å². The molecule has 2 aromatic rings. The number of carboxylic acid groups (broad SMARTS) is 1. The minimum Gasteiger partial charge on any atom is -0.487 e. The van der Waals surface area contributed by atoms with E-state index in [1.807, 2.05) is 0 Å². The van der Waals surface area contributed by atoms with E-state index in [0.29, 0.717) is 21.2 Å². The summed E-state index contributed by atoms with van der Waals surface area (Å²) in [5.74, 6) is -0.960. The number of aromatic carboxylic acids is 1. The van der Waals surface area contributed by atoms with Gasteiger partial charge in [0, 0.05) is 0 Å². The van der Waals surface area contributed by atoms with Gasteiger partial charge in [-0.15, -0.1) is 0 Å². The van der Waals surface area contributed by atoms with Crippen molar-refractivity contribution < 1.29 is 24.2 Å². The van der Waals surface area contributed by atoms with E-state index >= 15 is 0 Å². The molecule has 6 nitrogen and oxygen atoms in total. The quantitative estimate of drug-likeness (QED) is 0.752. The Bertz CT molecular complexity index is 924. The molecule has 26 heavy (non-hydrogen) atoms. The normalized spacial score (nSPS) is 15.2. The fraction of sp³-hybridized carbons (Fsp3) is 0.0556. The fourth-order valence-corrected chi connectivity index (χ4v) is 3.13. The van der Waals surface area contributed by atoms with Gasteiger partial charge in [0.15, 0.2) is 0 Å². The number of ether oxygens (including phenoxy) is 1. The van der Waals surface area contributed by atoms with Crippen LogP contribution in [0.4, 0.5) is 4.79 Å². The van der Waals surface area contributed by atoms with Crippen molar-refractivity contribution in [2.45, 2.75) is 6.61 Å². The zero-order chi connectivity index (χ0) is 18.7. The van der Waals surface area contributed by atoms with Gasteiger partial charge in [0.25, 0.3) is 11.1 Å². The molecule has 1 aliphatic rings. The summed E-state index contributed by atoms with van der Waals surface area (Å²) in [5.41, 5.74) is 1.67. The van der Waals surface area contributed by atoms with Gasteiger partial charge in [-0.1, -0.05) is 29.8 Å². The Morgan fingerprint density at radius 1 is 1.19 bits per heavy atom. The monoisotopic (exact) mass is 389 g/mol. The van der Waals surface area contributed by atoms with Crippen LogP contribution in [0.2, 0.25) is 5.02 Å². The first-order chi connectivity index (χ1) is 12.4. The van der Waals surface area contributed by atoms with Crippen LogP contribution in [0.5, 0.6) is 5.75 Å². The lowest BCUT2D eigenvalue weighted by molar-refractivity contribution is -0.115. The second kappa shape index (κ2) is 7.63. The van der Waals surface area contributed by atoms with Gasteiger partial charge in [0.1, 0.15) is 12.4 Å². The molecule has 0 atom stereocenters. The third kappa shape index (κ3) is 4.25. The summed E-state index contributed by atoms with van der Waals surface area (Å²) < 4.78 is 5.65. The van der Waals surface area contributed by atoms with Gasteiger partial charge >= 0.3 is 5.97 Å². The maximum Gasteiger partial charge on any atom is 0.335 e. The Kier molecular flexibility index (Phi) is 5.29. The molecule has 0 unspecified atom stereocenters. The number of imide groups is 1. The average Bonchev–Trinajstić information content (AvgIpc) is 2.91. The molecule has 2 aromatic carbocycles. The van der Waals surface area contributed by atoms with Crippen LogP contribution in [0.15, 0.2) is 47.4 Å². The number of amides is 2. The third-order valence-electron chi connectivity index (χ3n) is 3.49. The molecular formula is C18H12ClNO5S. The molecule has 1 fully saturated rings. The molecule has 2 N–H and O–H groups in total. The van der Waals surface area contributed by atoms with Crippen LogP contribution in [0, 0.1) is 0 Å². The van der Waals surface area contributed by atoms with Gasteiger partial charge in [-0.25, -0.2) is 4.79 Å². The predicted molar refractivity (Wildman–Crippen MR) is 98.3 cm³/mol. The summed E-state index contributed by atoms with van der Waals surface area (Å²) in [6.45, 7) is 0.229. The molecule has 2 amide bonds. The number of halogens is 1. The number of nitrogens with one attached hydrogen (secondary N) is 1. The maximum atomic E-state index is 11.6. The highest BCUT2D eigenvalue weighted by Crippen LogP contribution is 2.30. The summed E-state index contributed by atoms with van der Waals surface area (Å²) in [6, 6.07) is 11.4. The molecule has 132 valence electrons. The van der Waals surface area contributed by atoms with Crippen LogP contribution >= 0.6 is 23.4 Å². The Hall–Kier alpha value is -2.77. The van der Waals surface area contributed by atoms with Gasteiger partial charge < -0.3 is 9.84 Å². The zero-order valence-electron chi connectivity index (χ0n) is 13.2. The summed E-state index contributed by atoms with van der Waals surface area (Å²) in [5, 5.41) is 11.0. The summed E-state index contributed by atoms with van der Waals surface area (Å²) in [7, 11) is 0. The van der Waals surface area contributed by atoms with Crippen LogP contribution in [-0.2, 0) is 11.4 Å². The lowest BCUT2D eigenvalue weighted by Crippen LogP contribution is -2.17. The second-order valence-corrected chi connectivity index (χ2v) is 6.75. The van der Waals surface area contributed by atoms with E-state index < -0.39 is 17.1 Å². The number of benzene rings is 2. The van der Waals surface area contributed by atoms with E-state index in [0.717, 1.165) is 17.3 Å². The Labute approximate surface area is 157 Å². The highest BCUT2D eigenvalue weighted by molar-refractivity contribution is 8.18. The van der Waals surface area contributed by atoms with Crippen LogP contribution in [0.3, 0.4) is 0 Å². The van der Waals surface area contributed by atoms with E-state index in [1.165, 1.54) is 12.1 Å². The Balaban J connectivity index is 1.68. The van der Waals surface area contributed by atoms with Crippen molar-refractivity contribution in [3.05, 3.63) is 69.1 Å². The largest absolute Gasteiger partial charge is 0.487 e. The summed E-state index contributed by atoms with van der Waals surface area (Å²) >= 11 is 7.04. The van der Waals surface area contributed by atoms with Crippen molar-refractivity contribution in [1.82, 2.24) is 5.32 Å². The minimum absolute atomic E-state index is 0.205. The number of rotatable bonds is 5. The van der Waals surface area contributed by atoms with Gasteiger partial charge in [-0.3, -0.25) is 14.9 Å². The standard InChI is InChI=1S/C18H12ClNO5S/c19-13-7-11(8-15-16(21)20-18(24)26-15)3-6-14(13)25-9-10-1-4-12(5-2-10)17(22)23/h1-8H,9H2,(H,22,23)(H,20,21,24). The predicted octanol–water partition coefficient (Wildman–Crippen LogP) is 3.94. The number of carbonyl (C=O) groups is 3. The third-order valence-corrected chi connectivity index (χ3v) is 4.60. The Morgan fingerprint density at radius 2 is 1.92 bits per heavy atom. The van der Waals surface area contributed by atoms with E-state index in [-0.39, 0.29) is 12.2 Å². The number of hydrogen-bond donors (Lipinski definition) is 2. The molecule has 0 spiro atoms. The van der Waals surface area contributed by atoms with Gasteiger partial charge in [-0.2, -0.15) is 0 Å². The number of hydrogen-bond acceptors (Lipinski definition) is 5. The first kappa shape index (κ1) is 18.0. The molecule has 0 aliphatic carbocycles. The summed E-state index contributed by atoms with van der Waals surface area (Å²) in [4.78, 5) is 33.9. The second-order valence-electron chi connectivity index (χ2n) is 5.33. The van der Waals surface area contributed by atoms with Crippen molar-refractivity contribution in [3.8, 4) is 5.75 Å². The van der Waals surface area contributed by atoms with Crippen molar-refractivity contribution in [2.24, 2.45) is 0 Å². The molecule has 1 heterocycles. The van der Waals surface area contributed by atoms with Crippen molar-refractivity contribution >= 4 is 46.6 Å². The fourth-order valence-electron chi connectivity index (χ4n) is 2.20. The minimum atomic E-state index is -0.985. The molecule has 0 radical (unpaired) electrons. The van der Waals surface area contributed by atoms with Crippen LogP contribution in [-0.4, -0.2) is 22.2 Å². The molecule has 8 heteroatoms. The van der Waals surface area contributed by atoms with E-state index in [4.69, 9.17) is 21.4 Å². The lowest BCUT2D eigenvalue weighted by atomic mass is 10.1. The van der Waals surface area contributed by atoms with Crippen molar-refractivity contribution in [1.29, 1.82) is 0 Å². The smallest absolute Gasteiger partial charge is 0.335 e. The molecule has 0 aromatic heterocycles. The van der Waals surface area contributed by atoms with E-state index in [2.05, 4.69) is 5.32 Å². The molecule has 1 aliphatic heterocycles. The maximum absolute atomic E-state index is 11.6. The van der Waals surface area contributed by atoms with Crippen molar-refractivity contribution in [2.75, 3.05) is 0 Å². The first-order valence-corrected chi connectivity index (χ1v) is 8.61. The van der Waals surface area contributed by atoms with E-state index in [9.17, 15) is 14.4 Å². The molecule has 1 saturated heterocycles. The number of carboxylic acids is 1.